The van der Waals surface area contributed by atoms with E-state index in [2.05, 4.69) is 34.6 Å². The average molecular weight is 260 g/mol. The molecule has 0 saturated carbocycles. The van der Waals surface area contributed by atoms with E-state index in [0.29, 0.717) is 5.92 Å². The molecular formula is C19H32. The first-order chi connectivity index (χ1) is 9.11. The monoisotopic (exact) mass is 260 g/mol. The topological polar surface area (TPSA) is 0 Å². The third kappa shape index (κ3) is 2.88. The molecule has 0 aromatic heterocycles. The Bertz CT molecular complexity index is 424. The maximum Gasteiger partial charge on any atom is -0.0213 e. The second-order valence-corrected chi connectivity index (χ2v) is 5.67. The van der Waals surface area contributed by atoms with Crippen molar-refractivity contribution in [2.45, 2.75) is 86.5 Å². The minimum atomic E-state index is 0.683. The highest BCUT2D eigenvalue weighted by Gasteiger charge is 2.24. The minimum Gasteiger partial charge on any atom is -0.0683 e. The van der Waals surface area contributed by atoms with Crippen molar-refractivity contribution in [3.05, 3.63) is 33.4 Å². The number of hydrogen-bond donors (Lipinski definition) is 0. The SMILES string of the molecule is CC.CCc1c(C)c2c(c(C(C)C)c1CC)CCC2. The van der Waals surface area contributed by atoms with Crippen LogP contribution in [0.3, 0.4) is 0 Å². The summed E-state index contributed by atoms with van der Waals surface area (Å²) in [4.78, 5) is 0. The van der Waals surface area contributed by atoms with E-state index < -0.39 is 0 Å². The zero-order valence-electron chi connectivity index (χ0n) is 14.1. The van der Waals surface area contributed by atoms with E-state index in [-0.39, 0.29) is 0 Å². The Hall–Kier alpha value is -0.780. The number of fused-ring (bicyclic) bond motifs is 1. The van der Waals surface area contributed by atoms with Gasteiger partial charge in [0.05, 0.1) is 0 Å². The highest BCUT2D eigenvalue weighted by molar-refractivity contribution is 5.54. The van der Waals surface area contributed by atoms with Crippen molar-refractivity contribution in [1.29, 1.82) is 0 Å². The van der Waals surface area contributed by atoms with Crippen LogP contribution in [0.5, 0.6) is 0 Å². The van der Waals surface area contributed by atoms with Crippen LogP contribution in [-0.2, 0) is 25.7 Å². The predicted molar refractivity (Wildman–Crippen MR) is 87.4 cm³/mol. The summed E-state index contributed by atoms with van der Waals surface area (Å²) in [5.41, 5.74) is 10.0. The molecular weight excluding hydrogens is 228 g/mol. The molecule has 0 bridgehead atoms. The molecule has 108 valence electrons. The van der Waals surface area contributed by atoms with E-state index >= 15 is 0 Å². The largest absolute Gasteiger partial charge is 0.0683 e. The van der Waals surface area contributed by atoms with Gasteiger partial charge in [0, 0.05) is 0 Å². The Kier molecular flexibility index (Phi) is 6.10. The number of benzene rings is 1. The Balaban J connectivity index is 0.000000861. The van der Waals surface area contributed by atoms with Gasteiger partial charge in [-0.25, -0.2) is 0 Å². The van der Waals surface area contributed by atoms with Crippen LogP contribution < -0.4 is 0 Å². The molecule has 0 radical (unpaired) electrons. The van der Waals surface area contributed by atoms with Crippen LogP contribution in [-0.4, -0.2) is 0 Å². The molecule has 0 heterocycles. The molecule has 1 aromatic rings. The third-order valence-corrected chi connectivity index (χ3v) is 4.42. The maximum atomic E-state index is 2.36. The van der Waals surface area contributed by atoms with Gasteiger partial charge in [-0.2, -0.15) is 0 Å². The summed E-state index contributed by atoms with van der Waals surface area (Å²) >= 11 is 0. The van der Waals surface area contributed by atoms with Crippen molar-refractivity contribution in [3.63, 3.8) is 0 Å². The van der Waals surface area contributed by atoms with Crippen LogP contribution in [0.2, 0.25) is 0 Å². The first-order valence-corrected chi connectivity index (χ1v) is 8.27. The Morgan fingerprint density at radius 3 is 1.89 bits per heavy atom. The molecule has 0 unspecified atom stereocenters. The molecule has 0 N–H and O–H groups in total. The van der Waals surface area contributed by atoms with Crippen LogP contribution in [0.1, 0.15) is 87.3 Å². The van der Waals surface area contributed by atoms with Gasteiger partial charge in [0.2, 0.25) is 0 Å². The van der Waals surface area contributed by atoms with E-state index in [0.717, 1.165) is 0 Å². The lowest BCUT2D eigenvalue weighted by Gasteiger charge is -2.23. The summed E-state index contributed by atoms with van der Waals surface area (Å²) in [5.74, 6) is 0.683. The van der Waals surface area contributed by atoms with Crippen molar-refractivity contribution in [2.75, 3.05) is 0 Å². The smallest absolute Gasteiger partial charge is 0.0213 e. The molecule has 0 saturated heterocycles. The fourth-order valence-electron chi connectivity index (χ4n) is 3.79. The van der Waals surface area contributed by atoms with Crippen LogP contribution in [0.25, 0.3) is 0 Å². The minimum absolute atomic E-state index is 0.683. The lowest BCUT2D eigenvalue weighted by atomic mass is 9.82. The van der Waals surface area contributed by atoms with Crippen LogP contribution in [0, 0.1) is 6.92 Å². The molecule has 2 rings (SSSR count). The average Bonchev–Trinajstić information content (AvgIpc) is 2.89. The van der Waals surface area contributed by atoms with E-state index in [1.807, 2.05) is 13.8 Å². The standard InChI is InChI=1S/C17H26.C2H6/c1-6-13-12(5)15-9-8-10-16(15)17(11(3)4)14(13)7-2;1-2/h11H,6-10H2,1-5H3;1-2H3. The van der Waals surface area contributed by atoms with Gasteiger partial charge in [-0.05, 0) is 78.3 Å². The molecule has 0 aliphatic heterocycles. The van der Waals surface area contributed by atoms with Gasteiger partial charge < -0.3 is 0 Å². The summed E-state index contributed by atoms with van der Waals surface area (Å²) in [6.07, 6.45) is 6.40. The molecule has 0 fully saturated rings. The van der Waals surface area contributed by atoms with Gasteiger partial charge >= 0.3 is 0 Å². The molecule has 1 aliphatic carbocycles. The van der Waals surface area contributed by atoms with Crippen molar-refractivity contribution in [2.24, 2.45) is 0 Å². The van der Waals surface area contributed by atoms with E-state index in [9.17, 15) is 0 Å². The number of rotatable bonds is 3. The van der Waals surface area contributed by atoms with E-state index in [1.54, 1.807) is 33.4 Å². The molecule has 1 aliphatic rings. The van der Waals surface area contributed by atoms with Crippen LogP contribution in [0.15, 0.2) is 0 Å². The first kappa shape index (κ1) is 16.3. The highest BCUT2D eigenvalue weighted by atomic mass is 14.3. The quantitative estimate of drug-likeness (QED) is 0.648. The summed E-state index contributed by atoms with van der Waals surface area (Å²) in [7, 11) is 0. The Labute approximate surface area is 120 Å². The molecule has 0 atom stereocenters. The molecule has 0 heteroatoms. The van der Waals surface area contributed by atoms with Crippen molar-refractivity contribution in [3.8, 4) is 0 Å². The van der Waals surface area contributed by atoms with Gasteiger partial charge in [0.1, 0.15) is 0 Å². The van der Waals surface area contributed by atoms with Gasteiger partial charge in [-0.3, -0.25) is 0 Å². The van der Waals surface area contributed by atoms with E-state index in [4.69, 9.17) is 0 Å². The van der Waals surface area contributed by atoms with Crippen LogP contribution in [0.4, 0.5) is 0 Å². The van der Waals surface area contributed by atoms with Gasteiger partial charge in [-0.1, -0.05) is 41.5 Å². The molecule has 0 nitrogen and oxygen atoms in total. The van der Waals surface area contributed by atoms with Crippen molar-refractivity contribution < 1.29 is 0 Å². The highest BCUT2D eigenvalue weighted by Crippen LogP contribution is 2.38. The lowest BCUT2D eigenvalue weighted by Crippen LogP contribution is -2.09. The van der Waals surface area contributed by atoms with E-state index in [1.165, 1.54) is 32.1 Å². The summed E-state index contributed by atoms with van der Waals surface area (Å²) in [6, 6.07) is 0. The first-order valence-electron chi connectivity index (χ1n) is 8.27. The lowest BCUT2D eigenvalue weighted by molar-refractivity contribution is 0.810. The predicted octanol–water partition coefficient (Wildman–Crippen LogP) is 5.76. The molecule has 0 spiro atoms. The second kappa shape index (κ2) is 7.12. The van der Waals surface area contributed by atoms with Gasteiger partial charge in [0.25, 0.3) is 0 Å². The zero-order valence-corrected chi connectivity index (χ0v) is 14.1. The normalized spacial score (nSPS) is 13.3. The third-order valence-electron chi connectivity index (χ3n) is 4.42. The molecule has 1 aromatic carbocycles. The number of hydrogen-bond acceptors (Lipinski definition) is 0. The fraction of sp³-hybridized carbons (Fsp3) is 0.684. The fourth-order valence-corrected chi connectivity index (χ4v) is 3.79. The second-order valence-electron chi connectivity index (χ2n) is 5.67. The molecule has 19 heavy (non-hydrogen) atoms. The van der Waals surface area contributed by atoms with Crippen LogP contribution >= 0.6 is 0 Å². The van der Waals surface area contributed by atoms with Crippen molar-refractivity contribution in [1.82, 2.24) is 0 Å². The maximum absolute atomic E-state index is 2.36. The van der Waals surface area contributed by atoms with Gasteiger partial charge in [0.15, 0.2) is 0 Å². The molecule has 0 amide bonds. The zero-order chi connectivity index (χ0) is 14.6. The summed E-state index contributed by atoms with van der Waals surface area (Å²) in [6.45, 7) is 15.7. The Morgan fingerprint density at radius 2 is 1.42 bits per heavy atom. The summed E-state index contributed by atoms with van der Waals surface area (Å²) < 4.78 is 0. The van der Waals surface area contributed by atoms with Gasteiger partial charge in [-0.15, -0.1) is 0 Å². The Morgan fingerprint density at radius 1 is 0.895 bits per heavy atom. The summed E-state index contributed by atoms with van der Waals surface area (Å²) in [5, 5.41) is 0. The van der Waals surface area contributed by atoms with Crippen molar-refractivity contribution >= 4 is 0 Å².